The molecule has 0 radical (unpaired) electrons. The van der Waals surface area contributed by atoms with Gasteiger partial charge in [0, 0.05) is 18.3 Å². The van der Waals surface area contributed by atoms with Gasteiger partial charge >= 0.3 is 0 Å². The molecule has 5 heteroatoms. The van der Waals surface area contributed by atoms with Crippen LogP contribution in [0.3, 0.4) is 0 Å². The molecule has 1 amide bonds. The summed E-state index contributed by atoms with van der Waals surface area (Å²) in [7, 11) is 1.61. The molecule has 0 aliphatic heterocycles. The molecule has 1 aromatic carbocycles. The highest BCUT2D eigenvalue weighted by atomic mass is 19.1. The van der Waals surface area contributed by atoms with E-state index >= 15 is 0 Å². The third-order valence-electron chi connectivity index (χ3n) is 2.06. The largest absolute Gasteiger partial charge is 0.391 e. The normalized spacial score (nSPS) is 10.1. The maximum absolute atomic E-state index is 13.2. The summed E-state index contributed by atoms with van der Waals surface area (Å²) in [5.74, 6) is -1.00. The summed E-state index contributed by atoms with van der Waals surface area (Å²) in [5.41, 5.74) is 5.66. The predicted molar refractivity (Wildman–Crippen MR) is 54.8 cm³/mol. The van der Waals surface area contributed by atoms with Crippen LogP contribution in [0.25, 0.3) is 0 Å². The lowest BCUT2D eigenvalue weighted by atomic mass is 10.1. The smallest absolute Gasteiger partial charge is 0.236 e. The van der Waals surface area contributed by atoms with Crippen molar-refractivity contribution in [3.8, 4) is 0 Å². The minimum atomic E-state index is -0.509. The van der Waals surface area contributed by atoms with Gasteiger partial charge in [-0.25, -0.2) is 4.39 Å². The molecule has 0 aromatic heterocycles. The second-order valence-electron chi connectivity index (χ2n) is 3.22. The number of aliphatic hydroxyl groups excluding tert-OH is 1. The lowest BCUT2D eigenvalue weighted by molar-refractivity contribution is -0.116. The highest BCUT2D eigenvalue weighted by Gasteiger charge is 2.12. The Hall–Kier alpha value is -1.62. The number of halogens is 1. The van der Waals surface area contributed by atoms with E-state index in [2.05, 4.69) is 0 Å². The summed E-state index contributed by atoms with van der Waals surface area (Å²) in [6.45, 7) is -0.429. The molecule has 4 nitrogen and oxygen atoms in total. The van der Waals surface area contributed by atoms with Crippen molar-refractivity contribution < 1.29 is 14.3 Å². The van der Waals surface area contributed by atoms with Crippen LogP contribution in [0.1, 0.15) is 5.56 Å². The van der Waals surface area contributed by atoms with Crippen LogP contribution in [0.2, 0.25) is 0 Å². The van der Waals surface area contributed by atoms with Crippen molar-refractivity contribution in [2.24, 2.45) is 5.73 Å². The molecule has 0 bridgehead atoms. The number of aliphatic hydroxyl groups is 1. The number of carbonyl (C=O) groups excluding carboxylic acids is 1. The Morgan fingerprint density at radius 2 is 2.27 bits per heavy atom. The zero-order valence-electron chi connectivity index (χ0n) is 8.40. The van der Waals surface area contributed by atoms with Gasteiger partial charge in [-0.1, -0.05) is 6.07 Å². The van der Waals surface area contributed by atoms with E-state index in [1.54, 1.807) is 13.1 Å². The molecule has 0 atom stereocenters. The van der Waals surface area contributed by atoms with Gasteiger partial charge in [-0.05, 0) is 12.1 Å². The number of hydrogen-bond donors (Lipinski definition) is 2. The molecule has 82 valence electrons. The summed E-state index contributed by atoms with van der Waals surface area (Å²) in [4.78, 5) is 12.2. The summed E-state index contributed by atoms with van der Waals surface area (Å²) in [5, 5.41) is 9.00. The van der Waals surface area contributed by atoms with Crippen LogP contribution in [0.15, 0.2) is 18.2 Å². The van der Waals surface area contributed by atoms with Crippen LogP contribution >= 0.6 is 0 Å². The Balaban J connectivity index is 3.02. The third kappa shape index (κ3) is 2.66. The van der Waals surface area contributed by atoms with Crippen molar-refractivity contribution in [3.05, 3.63) is 29.6 Å². The van der Waals surface area contributed by atoms with E-state index in [4.69, 9.17) is 10.8 Å². The molecule has 0 aliphatic carbocycles. The fraction of sp³-hybridized carbons (Fsp3) is 0.300. The minimum Gasteiger partial charge on any atom is -0.391 e. The van der Waals surface area contributed by atoms with E-state index in [1.165, 1.54) is 17.0 Å². The van der Waals surface area contributed by atoms with E-state index in [1.807, 2.05) is 0 Å². The first kappa shape index (κ1) is 11.5. The number of rotatable bonds is 4. The van der Waals surface area contributed by atoms with Crippen molar-refractivity contribution in [2.75, 3.05) is 18.5 Å². The number of nitrogens with zero attached hydrogens (tertiary/aromatic N) is 1. The standard InChI is InChI=1S/C10H13FN2O2/c1-13(5-10(12)15)9-4-2-3-8(11)7(9)6-14/h2-4,14H,5-6H2,1H3,(H2,12,15). The van der Waals surface area contributed by atoms with Gasteiger partial charge in [0.25, 0.3) is 0 Å². The van der Waals surface area contributed by atoms with Crippen LogP contribution in [0.5, 0.6) is 0 Å². The van der Waals surface area contributed by atoms with Crippen molar-refractivity contribution in [3.63, 3.8) is 0 Å². The summed E-state index contributed by atoms with van der Waals surface area (Å²) < 4.78 is 13.2. The van der Waals surface area contributed by atoms with Gasteiger partial charge in [-0.3, -0.25) is 4.79 Å². The first-order chi connectivity index (χ1) is 7.06. The lowest BCUT2D eigenvalue weighted by Gasteiger charge is -2.20. The van der Waals surface area contributed by atoms with E-state index in [-0.39, 0.29) is 12.1 Å². The predicted octanol–water partition coefficient (Wildman–Crippen LogP) is 0.239. The van der Waals surface area contributed by atoms with E-state index in [0.717, 1.165) is 0 Å². The molecule has 0 heterocycles. The van der Waals surface area contributed by atoms with Crippen molar-refractivity contribution in [1.29, 1.82) is 0 Å². The minimum absolute atomic E-state index is 0.0174. The highest BCUT2D eigenvalue weighted by molar-refractivity contribution is 5.79. The quantitative estimate of drug-likeness (QED) is 0.751. The number of primary amides is 1. The van der Waals surface area contributed by atoms with Gasteiger partial charge in [0.2, 0.25) is 5.91 Å². The Kier molecular flexibility index (Phi) is 3.62. The third-order valence-corrected chi connectivity index (χ3v) is 2.06. The Labute approximate surface area is 87.1 Å². The first-order valence-electron chi connectivity index (χ1n) is 4.44. The number of benzene rings is 1. The molecule has 3 N–H and O–H groups in total. The molecular weight excluding hydrogens is 199 g/mol. The summed E-state index contributed by atoms with van der Waals surface area (Å²) in [6.07, 6.45) is 0. The van der Waals surface area contributed by atoms with Gasteiger partial charge in [0.15, 0.2) is 0 Å². The average molecular weight is 212 g/mol. The Morgan fingerprint density at radius 1 is 1.60 bits per heavy atom. The average Bonchev–Trinajstić information content (AvgIpc) is 2.16. The molecule has 1 aromatic rings. The van der Waals surface area contributed by atoms with Crippen molar-refractivity contribution in [2.45, 2.75) is 6.61 Å². The molecule has 0 saturated heterocycles. The summed E-state index contributed by atoms with van der Waals surface area (Å²) in [6, 6.07) is 4.39. The molecule has 15 heavy (non-hydrogen) atoms. The van der Waals surface area contributed by atoms with Crippen molar-refractivity contribution in [1.82, 2.24) is 0 Å². The van der Waals surface area contributed by atoms with E-state index in [9.17, 15) is 9.18 Å². The van der Waals surface area contributed by atoms with E-state index in [0.29, 0.717) is 5.69 Å². The molecule has 0 spiro atoms. The number of amides is 1. The number of likely N-dealkylation sites (N-methyl/N-ethyl adjacent to an activating group) is 1. The number of carbonyl (C=O) groups is 1. The number of nitrogens with two attached hydrogens (primary N) is 1. The van der Waals surface area contributed by atoms with Gasteiger partial charge < -0.3 is 15.7 Å². The molecular formula is C10H13FN2O2. The fourth-order valence-corrected chi connectivity index (χ4v) is 1.38. The van der Waals surface area contributed by atoms with Crippen molar-refractivity contribution >= 4 is 11.6 Å². The second kappa shape index (κ2) is 4.75. The van der Waals surface area contributed by atoms with E-state index < -0.39 is 18.3 Å². The Bertz CT molecular complexity index is 368. The van der Waals surface area contributed by atoms with Crippen LogP contribution in [-0.2, 0) is 11.4 Å². The fourth-order valence-electron chi connectivity index (χ4n) is 1.38. The molecule has 0 fully saturated rings. The highest BCUT2D eigenvalue weighted by Crippen LogP contribution is 2.21. The first-order valence-corrected chi connectivity index (χ1v) is 4.44. The van der Waals surface area contributed by atoms with Crippen LogP contribution in [0, 0.1) is 5.82 Å². The topological polar surface area (TPSA) is 66.6 Å². The molecule has 0 unspecified atom stereocenters. The molecule has 1 rings (SSSR count). The zero-order chi connectivity index (χ0) is 11.4. The van der Waals surface area contributed by atoms with Gasteiger partial charge in [-0.2, -0.15) is 0 Å². The van der Waals surface area contributed by atoms with Gasteiger partial charge in [0.1, 0.15) is 5.82 Å². The second-order valence-corrected chi connectivity index (χ2v) is 3.22. The number of hydrogen-bond acceptors (Lipinski definition) is 3. The van der Waals surface area contributed by atoms with Crippen LogP contribution < -0.4 is 10.6 Å². The van der Waals surface area contributed by atoms with Gasteiger partial charge in [0.05, 0.1) is 13.2 Å². The van der Waals surface area contributed by atoms with Gasteiger partial charge in [-0.15, -0.1) is 0 Å². The maximum Gasteiger partial charge on any atom is 0.236 e. The van der Waals surface area contributed by atoms with Crippen LogP contribution in [-0.4, -0.2) is 24.6 Å². The summed E-state index contributed by atoms with van der Waals surface area (Å²) >= 11 is 0. The zero-order valence-corrected chi connectivity index (χ0v) is 8.40. The molecule has 0 saturated carbocycles. The molecule has 0 aliphatic rings. The number of anilines is 1. The van der Waals surface area contributed by atoms with Crippen LogP contribution in [0.4, 0.5) is 10.1 Å². The SMILES string of the molecule is CN(CC(N)=O)c1cccc(F)c1CO. The maximum atomic E-state index is 13.2. The monoisotopic (exact) mass is 212 g/mol. The Morgan fingerprint density at radius 3 is 2.80 bits per heavy atom. The lowest BCUT2D eigenvalue weighted by Crippen LogP contribution is -2.31.